The number of carbonyl (C=O) groups is 1. The molecule has 0 bridgehead atoms. The molecule has 200 valence electrons. The van der Waals surface area contributed by atoms with E-state index in [0.29, 0.717) is 25.3 Å². The predicted octanol–water partition coefficient (Wildman–Crippen LogP) is 6.46. The molecule has 0 saturated carbocycles. The second-order valence-corrected chi connectivity index (χ2v) is 10.2. The monoisotopic (exact) mass is 528 g/mol. The maximum atomic E-state index is 13.6. The number of nitrogens with one attached hydrogen (secondary N) is 1. The number of carbonyl (C=O) groups excluding carboxylic acids is 1. The van der Waals surface area contributed by atoms with Gasteiger partial charge in [0.1, 0.15) is 0 Å². The van der Waals surface area contributed by atoms with Gasteiger partial charge in [-0.3, -0.25) is 4.79 Å². The van der Waals surface area contributed by atoms with Gasteiger partial charge in [0.25, 0.3) is 5.91 Å². The number of benzene rings is 4. The van der Waals surface area contributed by atoms with Crippen LogP contribution in [-0.2, 0) is 11.3 Å². The molecule has 0 aliphatic carbocycles. The topological polar surface area (TPSA) is 63.1 Å². The van der Waals surface area contributed by atoms with Crippen molar-refractivity contribution in [1.29, 1.82) is 0 Å². The van der Waals surface area contributed by atoms with E-state index in [1.165, 1.54) is 16.3 Å². The van der Waals surface area contributed by atoms with Crippen LogP contribution in [0.2, 0.25) is 0 Å². The van der Waals surface area contributed by atoms with Crippen LogP contribution in [0.25, 0.3) is 21.5 Å². The van der Waals surface area contributed by atoms with Crippen LogP contribution in [0.5, 0.6) is 0 Å². The molecule has 0 radical (unpaired) electrons. The second kappa shape index (κ2) is 11.2. The highest BCUT2D eigenvalue weighted by atomic mass is 16.5. The molecule has 6 rings (SSSR count). The Hall–Kier alpha value is -4.68. The van der Waals surface area contributed by atoms with Crippen LogP contribution >= 0.6 is 0 Å². The Balaban J connectivity index is 1.47. The maximum absolute atomic E-state index is 13.6. The summed E-state index contributed by atoms with van der Waals surface area (Å²) in [6.07, 6.45) is 7.59. The lowest BCUT2D eigenvalue weighted by Gasteiger charge is -2.23. The van der Waals surface area contributed by atoms with E-state index in [9.17, 15) is 4.79 Å². The van der Waals surface area contributed by atoms with Gasteiger partial charge in [-0.2, -0.15) is 0 Å². The smallest absolute Gasteiger partial charge is 0.255 e. The van der Waals surface area contributed by atoms with Crippen LogP contribution in [0.15, 0.2) is 110 Å². The van der Waals surface area contributed by atoms with Gasteiger partial charge < -0.3 is 19.2 Å². The van der Waals surface area contributed by atoms with E-state index in [2.05, 4.69) is 99.5 Å². The van der Waals surface area contributed by atoms with E-state index in [-0.39, 0.29) is 11.8 Å². The molecule has 6 aromatic rings. The largest absolute Gasteiger partial charge is 0.383 e. The summed E-state index contributed by atoms with van der Waals surface area (Å²) in [7, 11) is 3.46. The average molecular weight is 529 g/mol. The van der Waals surface area contributed by atoms with E-state index < -0.39 is 0 Å². The molecule has 0 aliphatic heterocycles. The van der Waals surface area contributed by atoms with Crippen molar-refractivity contribution in [3.8, 4) is 0 Å². The zero-order chi connectivity index (χ0) is 27.5. The van der Waals surface area contributed by atoms with Gasteiger partial charge in [-0.05, 0) is 44.3 Å². The van der Waals surface area contributed by atoms with Crippen molar-refractivity contribution in [2.45, 2.75) is 12.5 Å². The lowest BCUT2D eigenvalue weighted by atomic mass is 9.85. The zero-order valence-electron chi connectivity index (χ0n) is 22.7. The lowest BCUT2D eigenvalue weighted by Crippen LogP contribution is -2.30. The van der Waals surface area contributed by atoms with Crippen molar-refractivity contribution in [3.05, 3.63) is 138 Å². The summed E-state index contributed by atoms with van der Waals surface area (Å²) >= 11 is 0. The number of fused-ring (bicyclic) bond motifs is 2. The molecule has 1 unspecified atom stereocenters. The number of amides is 1. The number of likely N-dealkylation sites (N-methyl/N-ethyl adjacent to an activating group) is 1. The summed E-state index contributed by atoms with van der Waals surface area (Å²) in [4.78, 5) is 23.2. The quantitative estimate of drug-likeness (QED) is 0.234. The number of methoxy groups -OCH3 is 1. The fourth-order valence-corrected chi connectivity index (χ4v) is 5.56. The lowest BCUT2D eigenvalue weighted by molar-refractivity contribution is 0.0743. The summed E-state index contributed by atoms with van der Waals surface area (Å²) in [5.74, 6) is -0.255. The van der Waals surface area contributed by atoms with Crippen LogP contribution in [0, 0.1) is 0 Å². The number of imidazole rings is 1. The molecule has 0 spiro atoms. The number of ether oxygens (including phenoxy) is 1. The molecule has 40 heavy (non-hydrogen) atoms. The molecule has 0 aliphatic rings. The molecule has 0 saturated heterocycles. The molecule has 0 fully saturated rings. The first-order valence-electron chi connectivity index (χ1n) is 13.5. The number of rotatable bonds is 9. The molecule has 6 nitrogen and oxygen atoms in total. The highest BCUT2D eigenvalue weighted by Crippen LogP contribution is 2.38. The van der Waals surface area contributed by atoms with Crippen molar-refractivity contribution in [2.75, 3.05) is 27.3 Å². The van der Waals surface area contributed by atoms with Crippen LogP contribution in [-0.4, -0.2) is 52.7 Å². The molecule has 2 heterocycles. The van der Waals surface area contributed by atoms with Gasteiger partial charge in [-0.1, -0.05) is 78.9 Å². The van der Waals surface area contributed by atoms with Crippen LogP contribution < -0.4 is 0 Å². The van der Waals surface area contributed by atoms with E-state index in [1.54, 1.807) is 12.0 Å². The standard InChI is InChI=1S/C34H32N4O2/c1-37(16-17-40-2)34(39)31-20-35-19-30(31)33(29-13-7-11-26-9-5-6-12-28(26)29)32-21-36-23-38(32)22-24-14-15-25-8-3-4-10-27(25)18-24/h3-15,18-21,23,33,35H,16-17,22H2,1-2H3. The maximum Gasteiger partial charge on any atom is 0.255 e. The number of aromatic amines is 1. The minimum atomic E-state index is -0.213. The Morgan fingerprint density at radius 3 is 2.55 bits per heavy atom. The molecule has 4 aromatic carbocycles. The Morgan fingerprint density at radius 2 is 1.70 bits per heavy atom. The van der Waals surface area contributed by atoms with E-state index in [4.69, 9.17) is 4.74 Å². The third-order valence-electron chi connectivity index (χ3n) is 7.64. The van der Waals surface area contributed by atoms with Crippen molar-refractivity contribution >= 4 is 27.5 Å². The van der Waals surface area contributed by atoms with Crippen LogP contribution in [0.4, 0.5) is 0 Å². The second-order valence-electron chi connectivity index (χ2n) is 10.2. The third-order valence-corrected chi connectivity index (χ3v) is 7.64. The first-order chi connectivity index (χ1) is 19.6. The molecule has 1 atom stereocenters. The first kappa shape index (κ1) is 25.6. The van der Waals surface area contributed by atoms with Gasteiger partial charge in [0.15, 0.2) is 0 Å². The number of nitrogens with zero attached hydrogens (tertiary/aromatic N) is 3. The Bertz CT molecular complexity index is 1780. The molecule has 6 heteroatoms. The highest BCUT2D eigenvalue weighted by Gasteiger charge is 2.28. The fraction of sp³-hybridized carbons (Fsp3) is 0.176. The van der Waals surface area contributed by atoms with Gasteiger partial charge in [-0.15, -0.1) is 0 Å². The summed E-state index contributed by atoms with van der Waals surface area (Å²) in [6, 6.07) is 29.8. The molecule has 1 amide bonds. The number of hydrogen-bond acceptors (Lipinski definition) is 3. The summed E-state index contributed by atoms with van der Waals surface area (Å²) in [5, 5.41) is 4.75. The van der Waals surface area contributed by atoms with E-state index in [1.807, 2.05) is 32.0 Å². The van der Waals surface area contributed by atoms with Gasteiger partial charge in [-0.25, -0.2) is 4.98 Å². The van der Waals surface area contributed by atoms with Gasteiger partial charge >= 0.3 is 0 Å². The highest BCUT2D eigenvalue weighted by molar-refractivity contribution is 5.96. The SMILES string of the molecule is COCCN(C)C(=O)c1c[nH]cc1C(c1cccc2ccccc12)c1cncn1Cc1ccc2ccccc2c1. The van der Waals surface area contributed by atoms with Crippen LogP contribution in [0.1, 0.15) is 38.7 Å². The van der Waals surface area contributed by atoms with E-state index in [0.717, 1.165) is 27.6 Å². The normalized spacial score (nSPS) is 12.2. The van der Waals surface area contributed by atoms with Crippen molar-refractivity contribution in [3.63, 3.8) is 0 Å². The molecule has 1 N–H and O–H groups in total. The minimum absolute atomic E-state index is 0.0425. The van der Waals surface area contributed by atoms with Gasteiger partial charge in [0.05, 0.1) is 24.4 Å². The average Bonchev–Trinajstić information content (AvgIpc) is 3.66. The zero-order valence-corrected chi connectivity index (χ0v) is 22.7. The number of aromatic nitrogens is 3. The van der Waals surface area contributed by atoms with Crippen molar-refractivity contribution in [2.24, 2.45) is 0 Å². The predicted molar refractivity (Wildman–Crippen MR) is 160 cm³/mol. The Labute approximate surface area is 233 Å². The summed E-state index contributed by atoms with van der Waals surface area (Å²) in [5.41, 5.74) is 4.92. The molecular formula is C34H32N4O2. The first-order valence-corrected chi connectivity index (χ1v) is 13.5. The minimum Gasteiger partial charge on any atom is -0.383 e. The van der Waals surface area contributed by atoms with Gasteiger partial charge in [0, 0.05) is 51.5 Å². The number of H-pyrrole nitrogens is 1. The summed E-state index contributed by atoms with van der Waals surface area (Å²) in [6.45, 7) is 1.66. The van der Waals surface area contributed by atoms with Crippen LogP contribution in [0.3, 0.4) is 0 Å². The third kappa shape index (κ3) is 4.90. The van der Waals surface area contributed by atoms with Crippen molar-refractivity contribution in [1.82, 2.24) is 19.4 Å². The summed E-state index contributed by atoms with van der Waals surface area (Å²) < 4.78 is 7.42. The molecule has 2 aromatic heterocycles. The Kier molecular flexibility index (Phi) is 7.17. The van der Waals surface area contributed by atoms with Crippen molar-refractivity contribution < 1.29 is 9.53 Å². The fourth-order valence-electron chi connectivity index (χ4n) is 5.56. The Morgan fingerprint density at radius 1 is 0.925 bits per heavy atom. The number of hydrogen-bond donors (Lipinski definition) is 1. The van der Waals surface area contributed by atoms with Gasteiger partial charge in [0.2, 0.25) is 0 Å². The van der Waals surface area contributed by atoms with E-state index >= 15 is 0 Å². The molecular weight excluding hydrogens is 496 g/mol.